The van der Waals surface area contributed by atoms with Crippen molar-refractivity contribution >= 4 is 32.2 Å². The second-order valence-electron chi connectivity index (χ2n) is 4.98. The highest BCUT2D eigenvalue weighted by atomic mass is 79.9. The molecule has 0 radical (unpaired) electrons. The van der Waals surface area contributed by atoms with Crippen LogP contribution in [0, 0.1) is 0 Å². The van der Waals surface area contributed by atoms with Crippen molar-refractivity contribution in [1.82, 2.24) is 0 Å². The molecular weight excluding hydrogens is 389 g/mol. The molecule has 8 heteroatoms. The van der Waals surface area contributed by atoms with Crippen LogP contribution >= 0.6 is 26.2 Å². The normalized spacial score (nSPS) is 20.4. The second kappa shape index (κ2) is 4.11. The van der Waals surface area contributed by atoms with Gasteiger partial charge in [-0.15, -0.1) is 0 Å². The molecule has 0 amide bonds. The first-order valence-corrected chi connectivity index (χ1v) is 8.86. The Morgan fingerprint density at radius 1 is 0.909 bits per heavy atom. The van der Waals surface area contributed by atoms with Crippen LogP contribution in [0.15, 0.2) is 56.8 Å². The minimum Gasteiger partial charge on any atom is -0.272 e. The second-order valence-corrected chi connectivity index (χ2v) is 8.31. The Kier molecular flexibility index (Phi) is 2.89. The molecule has 118 valence electrons. The van der Waals surface area contributed by atoms with Gasteiger partial charge in [0, 0.05) is 4.47 Å². The van der Waals surface area contributed by atoms with E-state index in [9.17, 15) is 19.4 Å². The number of nitrogens with zero attached hydrogens (tertiary/aromatic N) is 1. The lowest BCUT2D eigenvalue weighted by molar-refractivity contribution is 0.364. The van der Waals surface area contributed by atoms with E-state index in [1.807, 2.05) is 0 Å². The molecule has 2 aromatic rings. The highest BCUT2D eigenvalue weighted by Crippen LogP contribution is 3.01. The Morgan fingerprint density at radius 2 is 1.55 bits per heavy atom. The average molecular weight is 398 g/mol. The van der Waals surface area contributed by atoms with Crippen LogP contribution < -0.4 is 10.6 Å². The molecule has 0 saturated heterocycles. The van der Waals surface area contributed by atoms with Gasteiger partial charge in [-0.2, -0.15) is 0 Å². The molecule has 0 spiro atoms. The largest absolute Gasteiger partial charge is 0.310 e. The summed E-state index contributed by atoms with van der Waals surface area (Å²) in [7, 11) is -9.67. The van der Waals surface area contributed by atoms with E-state index in [0.29, 0.717) is 17.4 Å². The van der Waals surface area contributed by atoms with E-state index in [2.05, 4.69) is 20.9 Å². The molecule has 0 bridgehead atoms. The predicted octanol–water partition coefficient (Wildman–Crippen LogP) is 5.26. The van der Waals surface area contributed by atoms with Gasteiger partial charge in [0.2, 0.25) is 0 Å². The first-order chi connectivity index (χ1) is 9.92. The van der Waals surface area contributed by atoms with Gasteiger partial charge in [0.1, 0.15) is 4.90 Å². The topological polar surface area (TPSA) is 12.4 Å². The average Bonchev–Trinajstić information content (AvgIpc) is 2.79. The van der Waals surface area contributed by atoms with Gasteiger partial charge in [-0.3, -0.25) is 4.99 Å². The van der Waals surface area contributed by atoms with Gasteiger partial charge in [-0.1, -0.05) is 53.6 Å². The number of hydrogen-bond donors (Lipinski definition) is 0. The summed E-state index contributed by atoms with van der Waals surface area (Å²) in [6.07, 6.45) is 1.65. The summed E-state index contributed by atoms with van der Waals surface area (Å²) in [6.45, 7) is 0. The lowest BCUT2D eigenvalue weighted by Crippen LogP contribution is -2.23. The summed E-state index contributed by atoms with van der Waals surface area (Å²) in [6, 6.07) is 8.49. The summed E-state index contributed by atoms with van der Waals surface area (Å²) in [5, 5.41) is 0.345. The summed E-state index contributed by atoms with van der Waals surface area (Å²) in [4.78, 5) is 2.19. The van der Waals surface area contributed by atoms with Gasteiger partial charge < -0.3 is 0 Å². The van der Waals surface area contributed by atoms with Crippen molar-refractivity contribution < 1.29 is 19.4 Å². The number of fused-ring (bicyclic) bond motifs is 1. The summed E-state index contributed by atoms with van der Waals surface area (Å²) in [5.41, 5.74) is 0.772. The Balaban J connectivity index is 2.09. The van der Waals surface area contributed by atoms with Crippen LogP contribution in [0.2, 0.25) is 0 Å². The lowest BCUT2D eigenvalue weighted by atomic mass is 10.1. The fourth-order valence-corrected chi connectivity index (χ4v) is 3.13. The Hall–Kier alpha value is -1.41. The van der Waals surface area contributed by atoms with Crippen molar-refractivity contribution in [2.75, 3.05) is 0 Å². The predicted molar refractivity (Wildman–Crippen MR) is 80.0 cm³/mol. The van der Waals surface area contributed by atoms with Crippen molar-refractivity contribution in [3.05, 3.63) is 63.1 Å². The van der Waals surface area contributed by atoms with Crippen LogP contribution in [-0.2, 0) is 0 Å². The number of halogens is 6. The Morgan fingerprint density at radius 3 is 2.14 bits per heavy atom. The zero-order valence-electron chi connectivity index (χ0n) is 10.8. The number of rotatable bonds is 2. The maximum Gasteiger partial charge on any atom is 0.310 e. The fourth-order valence-electron chi connectivity index (χ4n) is 2.20. The van der Waals surface area contributed by atoms with E-state index in [-0.39, 0.29) is 5.36 Å². The van der Waals surface area contributed by atoms with Gasteiger partial charge in [0.05, 0.1) is 11.4 Å². The van der Waals surface area contributed by atoms with Crippen LogP contribution in [-0.4, -0.2) is 0 Å². The molecular formula is C14H9BrF5NS. The molecule has 0 unspecified atom stereocenters. The molecule has 1 aliphatic heterocycles. The molecule has 1 heterocycles. The van der Waals surface area contributed by atoms with E-state index >= 15 is 0 Å². The molecule has 1 nitrogen and oxygen atoms in total. The van der Waals surface area contributed by atoms with Crippen molar-refractivity contribution in [3.63, 3.8) is 0 Å². The lowest BCUT2D eigenvalue weighted by Gasteiger charge is -2.40. The molecule has 22 heavy (non-hydrogen) atoms. The van der Waals surface area contributed by atoms with Gasteiger partial charge in [0.25, 0.3) is 0 Å². The first-order valence-electron chi connectivity index (χ1n) is 6.12. The van der Waals surface area contributed by atoms with Gasteiger partial charge >= 0.3 is 10.2 Å². The van der Waals surface area contributed by atoms with Crippen LogP contribution in [0.1, 0.15) is 11.6 Å². The zero-order chi connectivity index (χ0) is 16.2. The van der Waals surface area contributed by atoms with E-state index < -0.39 is 21.2 Å². The van der Waals surface area contributed by atoms with Gasteiger partial charge in [0.15, 0.2) is 0 Å². The Labute approximate surface area is 131 Å². The van der Waals surface area contributed by atoms with E-state index in [0.717, 1.165) is 16.1 Å². The van der Waals surface area contributed by atoms with E-state index in [1.165, 1.54) is 0 Å². The molecule has 0 fully saturated rings. The first kappa shape index (κ1) is 15.5. The standard InChI is InChI=1S/C14H9BrF5NS/c15-11-4-1-9(2-5-11)13-7-10-3-6-12(8-14(10)21-13)22(16,17,18,19)20/h1-8,13H/t13-/m1/s1. The van der Waals surface area contributed by atoms with Gasteiger partial charge in [-0.25, -0.2) is 0 Å². The molecule has 0 N–H and O–H groups in total. The highest BCUT2D eigenvalue weighted by Gasteiger charge is 2.65. The zero-order valence-corrected chi connectivity index (χ0v) is 13.2. The van der Waals surface area contributed by atoms with Crippen LogP contribution in [0.3, 0.4) is 0 Å². The van der Waals surface area contributed by atoms with Crippen LogP contribution in [0.25, 0.3) is 6.08 Å². The summed E-state index contributed by atoms with van der Waals surface area (Å²) < 4.78 is 65.0. The monoisotopic (exact) mass is 397 g/mol. The third kappa shape index (κ3) is 3.03. The third-order valence-electron chi connectivity index (χ3n) is 3.27. The van der Waals surface area contributed by atoms with Crippen molar-refractivity contribution in [1.29, 1.82) is 0 Å². The molecule has 0 aliphatic carbocycles. The highest BCUT2D eigenvalue weighted by molar-refractivity contribution is 9.10. The molecule has 1 aliphatic rings. The van der Waals surface area contributed by atoms with Crippen molar-refractivity contribution in [2.24, 2.45) is 4.99 Å². The summed E-state index contributed by atoms with van der Waals surface area (Å²) in [5.74, 6) is 0. The number of hydrogen-bond acceptors (Lipinski definition) is 1. The fraction of sp³-hybridized carbons (Fsp3) is 0.0714. The quantitative estimate of drug-likeness (QED) is 0.612. The molecule has 0 aromatic heterocycles. The molecule has 1 atom stereocenters. The maximum absolute atomic E-state index is 12.8. The number of benzene rings is 2. The SMILES string of the molecule is FS(F)(F)(F)(F)c1ccc2c(c1)=N[C@@H](c1ccc(Br)cc1)C=2. The van der Waals surface area contributed by atoms with Crippen LogP contribution in [0.4, 0.5) is 19.4 Å². The minimum atomic E-state index is -9.67. The van der Waals surface area contributed by atoms with Gasteiger partial charge in [-0.05, 0) is 41.1 Å². The minimum absolute atomic E-state index is 0.0707. The van der Waals surface area contributed by atoms with Crippen molar-refractivity contribution in [3.8, 4) is 0 Å². The smallest absolute Gasteiger partial charge is 0.272 e. The Bertz CT molecular complexity index is 875. The van der Waals surface area contributed by atoms with E-state index in [4.69, 9.17) is 0 Å². The molecule has 3 rings (SSSR count). The van der Waals surface area contributed by atoms with Crippen molar-refractivity contribution in [2.45, 2.75) is 10.9 Å². The maximum atomic E-state index is 12.8. The third-order valence-corrected chi connectivity index (χ3v) is 4.95. The van der Waals surface area contributed by atoms with E-state index in [1.54, 1.807) is 30.3 Å². The summed E-state index contributed by atoms with van der Waals surface area (Å²) >= 11 is 3.28. The molecule has 0 saturated carbocycles. The molecule has 2 aromatic carbocycles. The van der Waals surface area contributed by atoms with Crippen LogP contribution in [0.5, 0.6) is 0 Å².